The molecule has 94 valence electrons. The van der Waals surface area contributed by atoms with Crippen molar-refractivity contribution in [1.29, 1.82) is 0 Å². The molecule has 1 fully saturated rings. The van der Waals surface area contributed by atoms with Crippen LogP contribution in [0, 0.1) is 0 Å². The molecule has 0 radical (unpaired) electrons. The second-order valence-electron chi connectivity index (χ2n) is 5.07. The predicted octanol–water partition coefficient (Wildman–Crippen LogP) is 2.43. The highest BCUT2D eigenvalue weighted by atomic mass is 15.1. The zero-order valence-corrected chi connectivity index (χ0v) is 11.1. The maximum absolute atomic E-state index is 3.42. The monoisotopic (exact) mass is 232 g/mol. The van der Waals surface area contributed by atoms with Crippen molar-refractivity contribution in [3.8, 4) is 0 Å². The lowest BCUT2D eigenvalue weighted by molar-refractivity contribution is 0.192. The molecule has 0 amide bonds. The molecule has 1 aliphatic rings. The van der Waals surface area contributed by atoms with Gasteiger partial charge >= 0.3 is 0 Å². The third kappa shape index (κ3) is 3.55. The van der Waals surface area contributed by atoms with Crippen molar-refractivity contribution in [3.63, 3.8) is 0 Å². The maximum atomic E-state index is 3.42. The summed E-state index contributed by atoms with van der Waals surface area (Å²) in [5.41, 5.74) is 2.86. The minimum atomic E-state index is 0.752. The van der Waals surface area contributed by atoms with E-state index in [0.717, 1.165) is 19.0 Å². The smallest absolute Gasteiger partial charge is 0.0233 e. The van der Waals surface area contributed by atoms with Crippen molar-refractivity contribution in [3.05, 3.63) is 35.4 Å². The summed E-state index contributed by atoms with van der Waals surface area (Å²) < 4.78 is 0. The Bertz CT molecular complexity index is 325. The summed E-state index contributed by atoms with van der Waals surface area (Å²) in [6.07, 6.45) is 3.69. The summed E-state index contributed by atoms with van der Waals surface area (Å²) in [6, 6.07) is 9.81. The van der Waals surface area contributed by atoms with E-state index < -0.39 is 0 Å². The minimum absolute atomic E-state index is 0.752. The maximum Gasteiger partial charge on any atom is 0.0233 e. The normalized spacial score (nSPS) is 17.6. The van der Waals surface area contributed by atoms with E-state index in [2.05, 4.69) is 48.5 Å². The van der Waals surface area contributed by atoms with Gasteiger partial charge in [-0.25, -0.2) is 0 Å². The summed E-state index contributed by atoms with van der Waals surface area (Å²) in [7, 11) is 2.25. The Morgan fingerprint density at radius 1 is 1.12 bits per heavy atom. The van der Waals surface area contributed by atoms with Gasteiger partial charge in [0.1, 0.15) is 0 Å². The van der Waals surface area contributed by atoms with Crippen LogP contribution >= 0.6 is 0 Å². The summed E-state index contributed by atoms with van der Waals surface area (Å²) in [5.74, 6) is 0. The molecule has 0 atom stereocenters. The number of hydrogen-bond donors (Lipinski definition) is 1. The zero-order chi connectivity index (χ0) is 12.1. The summed E-state index contributed by atoms with van der Waals surface area (Å²) in [6.45, 7) is 5.62. The Kier molecular flexibility index (Phi) is 4.57. The first kappa shape index (κ1) is 12.6. The van der Waals surface area contributed by atoms with Crippen LogP contribution in [-0.2, 0) is 13.0 Å². The van der Waals surface area contributed by atoms with Crippen LogP contribution in [0.15, 0.2) is 24.3 Å². The molecule has 2 nitrogen and oxygen atoms in total. The van der Waals surface area contributed by atoms with Gasteiger partial charge in [-0.05, 0) is 50.5 Å². The summed E-state index contributed by atoms with van der Waals surface area (Å²) >= 11 is 0. The van der Waals surface area contributed by atoms with Crippen LogP contribution in [0.25, 0.3) is 0 Å². The number of hydrogen-bond acceptors (Lipinski definition) is 2. The van der Waals surface area contributed by atoms with Crippen molar-refractivity contribution in [2.24, 2.45) is 0 Å². The Hall–Kier alpha value is -0.860. The van der Waals surface area contributed by atoms with Crippen LogP contribution in [0.5, 0.6) is 0 Å². The van der Waals surface area contributed by atoms with Crippen molar-refractivity contribution in [2.45, 2.75) is 38.8 Å². The van der Waals surface area contributed by atoms with E-state index in [1.807, 2.05) is 0 Å². The highest BCUT2D eigenvalue weighted by Crippen LogP contribution is 2.14. The number of aryl methyl sites for hydroxylation is 1. The van der Waals surface area contributed by atoms with Crippen LogP contribution in [-0.4, -0.2) is 31.1 Å². The summed E-state index contributed by atoms with van der Waals surface area (Å²) in [4.78, 5) is 2.50. The quantitative estimate of drug-likeness (QED) is 0.857. The second-order valence-corrected chi connectivity index (χ2v) is 5.07. The predicted molar refractivity (Wildman–Crippen MR) is 73.2 cm³/mol. The molecule has 1 N–H and O–H groups in total. The molecule has 0 bridgehead atoms. The first-order valence-electron chi connectivity index (χ1n) is 6.78. The molecule has 2 rings (SSSR count). The summed E-state index contributed by atoms with van der Waals surface area (Å²) in [5, 5.41) is 3.42. The molecule has 1 aromatic carbocycles. The molecule has 2 heteroatoms. The number of rotatable bonds is 4. The van der Waals surface area contributed by atoms with Crippen molar-refractivity contribution in [2.75, 3.05) is 20.1 Å². The van der Waals surface area contributed by atoms with Gasteiger partial charge in [0.05, 0.1) is 0 Å². The van der Waals surface area contributed by atoms with E-state index in [1.165, 1.54) is 37.1 Å². The van der Waals surface area contributed by atoms with Gasteiger partial charge in [0.2, 0.25) is 0 Å². The fourth-order valence-electron chi connectivity index (χ4n) is 2.54. The molecule has 0 spiro atoms. The SMILES string of the molecule is CCc1ccc(CN(C)C2CCNCC2)cc1. The van der Waals surface area contributed by atoms with E-state index in [9.17, 15) is 0 Å². The van der Waals surface area contributed by atoms with Crippen LogP contribution in [0.4, 0.5) is 0 Å². The van der Waals surface area contributed by atoms with Gasteiger partial charge in [-0.2, -0.15) is 0 Å². The van der Waals surface area contributed by atoms with Gasteiger partial charge in [0.25, 0.3) is 0 Å². The Balaban J connectivity index is 1.89. The molecular weight excluding hydrogens is 208 g/mol. The van der Waals surface area contributed by atoms with E-state index in [1.54, 1.807) is 0 Å². The van der Waals surface area contributed by atoms with E-state index >= 15 is 0 Å². The average molecular weight is 232 g/mol. The lowest BCUT2D eigenvalue weighted by atomic mass is 10.0. The Labute approximate surface area is 105 Å². The number of piperidine rings is 1. The van der Waals surface area contributed by atoms with Crippen LogP contribution in [0.1, 0.15) is 30.9 Å². The lowest BCUT2D eigenvalue weighted by Crippen LogP contribution is -2.40. The molecule has 1 aliphatic heterocycles. The highest BCUT2D eigenvalue weighted by molar-refractivity contribution is 5.22. The van der Waals surface area contributed by atoms with E-state index in [4.69, 9.17) is 0 Å². The first-order chi connectivity index (χ1) is 8.29. The van der Waals surface area contributed by atoms with Gasteiger partial charge in [0, 0.05) is 12.6 Å². The van der Waals surface area contributed by atoms with Crippen molar-refractivity contribution >= 4 is 0 Å². The molecule has 0 saturated carbocycles. The number of benzene rings is 1. The molecule has 0 aliphatic carbocycles. The minimum Gasteiger partial charge on any atom is -0.317 e. The van der Waals surface area contributed by atoms with Crippen molar-refractivity contribution in [1.82, 2.24) is 10.2 Å². The average Bonchev–Trinajstić information content (AvgIpc) is 2.40. The fraction of sp³-hybridized carbons (Fsp3) is 0.600. The largest absolute Gasteiger partial charge is 0.317 e. The van der Waals surface area contributed by atoms with Crippen molar-refractivity contribution < 1.29 is 0 Å². The number of nitrogens with zero attached hydrogens (tertiary/aromatic N) is 1. The molecule has 0 unspecified atom stereocenters. The van der Waals surface area contributed by atoms with E-state index in [-0.39, 0.29) is 0 Å². The van der Waals surface area contributed by atoms with Gasteiger partial charge in [-0.3, -0.25) is 4.90 Å². The first-order valence-corrected chi connectivity index (χ1v) is 6.78. The molecular formula is C15H24N2. The second kappa shape index (κ2) is 6.18. The van der Waals surface area contributed by atoms with Gasteiger partial charge in [-0.15, -0.1) is 0 Å². The highest BCUT2D eigenvalue weighted by Gasteiger charge is 2.17. The Morgan fingerprint density at radius 3 is 2.29 bits per heavy atom. The molecule has 1 saturated heterocycles. The van der Waals surface area contributed by atoms with Gasteiger partial charge in [0.15, 0.2) is 0 Å². The topological polar surface area (TPSA) is 15.3 Å². The number of nitrogens with one attached hydrogen (secondary N) is 1. The van der Waals surface area contributed by atoms with Gasteiger partial charge in [-0.1, -0.05) is 31.2 Å². The van der Waals surface area contributed by atoms with Crippen LogP contribution < -0.4 is 5.32 Å². The molecule has 17 heavy (non-hydrogen) atoms. The lowest BCUT2D eigenvalue weighted by Gasteiger charge is -2.31. The zero-order valence-electron chi connectivity index (χ0n) is 11.1. The fourth-order valence-corrected chi connectivity index (χ4v) is 2.54. The third-order valence-corrected chi connectivity index (χ3v) is 3.80. The van der Waals surface area contributed by atoms with Gasteiger partial charge < -0.3 is 5.32 Å². The third-order valence-electron chi connectivity index (χ3n) is 3.80. The molecule has 1 heterocycles. The standard InChI is InChI=1S/C15H24N2/c1-3-13-4-6-14(7-5-13)12-17(2)15-8-10-16-11-9-15/h4-7,15-16H,3,8-12H2,1-2H3. The molecule has 0 aromatic heterocycles. The molecule has 1 aromatic rings. The van der Waals surface area contributed by atoms with Crippen LogP contribution in [0.2, 0.25) is 0 Å². The van der Waals surface area contributed by atoms with Crippen LogP contribution in [0.3, 0.4) is 0 Å². The van der Waals surface area contributed by atoms with E-state index in [0.29, 0.717) is 0 Å². The Morgan fingerprint density at radius 2 is 1.71 bits per heavy atom.